The lowest BCUT2D eigenvalue weighted by Gasteiger charge is -2.37. The van der Waals surface area contributed by atoms with Crippen LogP contribution in [0.2, 0.25) is 0 Å². The molecule has 1 saturated heterocycles. The van der Waals surface area contributed by atoms with Crippen molar-refractivity contribution in [3.8, 4) is 5.69 Å². The van der Waals surface area contributed by atoms with E-state index in [-0.39, 0.29) is 36.4 Å². The lowest BCUT2D eigenvalue weighted by molar-refractivity contribution is -0.188. The van der Waals surface area contributed by atoms with E-state index >= 15 is 0 Å². The van der Waals surface area contributed by atoms with Gasteiger partial charge in [-0.2, -0.15) is 26.3 Å². The summed E-state index contributed by atoms with van der Waals surface area (Å²) in [6.07, 6.45) is -1.66. The highest BCUT2D eigenvalue weighted by Gasteiger charge is 2.43. The summed E-state index contributed by atoms with van der Waals surface area (Å²) < 4.78 is 87.4. The Labute approximate surface area is 243 Å². The Kier molecular flexibility index (Phi) is 7.42. The molecule has 4 aromatic rings. The number of rotatable bonds is 6. The molecular formula is C30H32F6N6O. The number of hydrogen-bond donors (Lipinski definition) is 0. The molecule has 6 rings (SSSR count). The van der Waals surface area contributed by atoms with Gasteiger partial charge in [-0.05, 0) is 74.4 Å². The van der Waals surface area contributed by atoms with Crippen LogP contribution in [0.4, 0.5) is 26.3 Å². The van der Waals surface area contributed by atoms with E-state index in [9.17, 15) is 31.1 Å². The fourth-order valence-electron chi connectivity index (χ4n) is 6.53. The Bertz CT molecular complexity index is 1680. The van der Waals surface area contributed by atoms with Crippen molar-refractivity contribution in [2.45, 2.75) is 63.3 Å². The summed E-state index contributed by atoms with van der Waals surface area (Å²) in [5, 5.41) is 8.35. The minimum absolute atomic E-state index is 0.0147. The van der Waals surface area contributed by atoms with Crippen LogP contribution in [-0.4, -0.2) is 47.9 Å². The van der Waals surface area contributed by atoms with Crippen molar-refractivity contribution in [1.29, 1.82) is 0 Å². The number of piperidine rings is 1. The molecule has 0 bridgehead atoms. The summed E-state index contributed by atoms with van der Waals surface area (Å²) in [5.74, 6) is -0.525. The standard InChI is InChI=1S/C30H32F6N6O/c1-18(40-11-5-9-22(15-40)29(31,32)33)21-13-24(30(34,35)36)25-16-41(28(43)42(25)14-21)23-10-4-8-20(12-23)26(19-6-3-7-19)27-38-37-17-39(27)2/h4,8,10,12-14,16-19,22,26H,3,5-7,9,11,15H2,1-2H3/t18?,22-,26+/m0/s1. The molecule has 13 heteroatoms. The maximum absolute atomic E-state index is 14.4. The van der Waals surface area contributed by atoms with Crippen molar-refractivity contribution < 1.29 is 26.3 Å². The zero-order valence-corrected chi connectivity index (χ0v) is 23.7. The first kappa shape index (κ1) is 29.5. The van der Waals surface area contributed by atoms with Crippen molar-refractivity contribution in [2.75, 3.05) is 13.1 Å². The summed E-state index contributed by atoms with van der Waals surface area (Å²) in [6.45, 7) is 1.60. The number of nitrogens with zero attached hydrogens (tertiary/aromatic N) is 6. The summed E-state index contributed by atoms with van der Waals surface area (Å²) in [5.41, 5.74) is -0.616. The van der Waals surface area contributed by atoms with E-state index in [2.05, 4.69) is 10.2 Å². The minimum atomic E-state index is -4.79. The maximum atomic E-state index is 14.4. The summed E-state index contributed by atoms with van der Waals surface area (Å²) in [6, 6.07) is 7.37. The van der Waals surface area contributed by atoms with Crippen LogP contribution < -0.4 is 5.69 Å². The number of fused-ring (bicyclic) bond motifs is 1. The number of benzene rings is 1. The van der Waals surface area contributed by atoms with Gasteiger partial charge in [0.2, 0.25) is 0 Å². The molecule has 0 spiro atoms. The van der Waals surface area contributed by atoms with Gasteiger partial charge >= 0.3 is 18.0 Å². The Morgan fingerprint density at radius 3 is 2.37 bits per heavy atom. The minimum Gasteiger partial charge on any atom is -0.320 e. The normalized spacial score (nSPS) is 20.3. The number of hydrogen-bond acceptors (Lipinski definition) is 4. The lowest BCUT2D eigenvalue weighted by atomic mass is 9.72. The molecule has 0 radical (unpaired) electrons. The van der Waals surface area contributed by atoms with E-state index in [4.69, 9.17) is 0 Å². The molecule has 1 saturated carbocycles. The third-order valence-electron chi connectivity index (χ3n) is 9.19. The lowest BCUT2D eigenvalue weighted by Crippen LogP contribution is -2.42. The average Bonchev–Trinajstić information content (AvgIpc) is 3.51. The van der Waals surface area contributed by atoms with E-state index in [1.165, 1.54) is 17.0 Å². The smallest absolute Gasteiger partial charge is 0.320 e. The highest BCUT2D eigenvalue weighted by Crippen LogP contribution is 2.43. The Hall–Kier alpha value is -3.61. The maximum Gasteiger partial charge on any atom is 0.418 e. The van der Waals surface area contributed by atoms with E-state index in [1.54, 1.807) is 36.4 Å². The highest BCUT2D eigenvalue weighted by atomic mass is 19.4. The van der Waals surface area contributed by atoms with Crippen LogP contribution in [0.5, 0.6) is 0 Å². The van der Waals surface area contributed by atoms with Crippen LogP contribution >= 0.6 is 0 Å². The number of halogens is 6. The van der Waals surface area contributed by atoms with Crippen LogP contribution in [0.25, 0.3) is 11.2 Å². The van der Waals surface area contributed by atoms with E-state index in [1.807, 2.05) is 17.7 Å². The predicted molar refractivity (Wildman–Crippen MR) is 147 cm³/mol. The van der Waals surface area contributed by atoms with Crippen LogP contribution in [-0.2, 0) is 13.2 Å². The summed E-state index contributed by atoms with van der Waals surface area (Å²) in [7, 11) is 1.86. The summed E-state index contributed by atoms with van der Waals surface area (Å²) >= 11 is 0. The van der Waals surface area contributed by atoms with Crippen molar-refractivity contribution in [2.24, 2.45) is 18.9 Å². The summed E-state index contributed by atoms with van der Waals surface area (Å²) in [4.78, 5) is 15.2. The Morgan fingerprint density at radius 2 is 1.74 bits per heavy atom. The second-order valence-electron chi connectivity index (χ2n) is 11.8. The number of aromatic nitrogens is 5. The Balaban J connectivity index is 1.42. The van der Waals surface area contributed by atoms with Crippen molar-refractivity contribution in [3.05, 3.63) is 82.1 Å². The van der Waals surface area contributed by atoms with Crippen molar-refractivity contribution in [1.82, 2.24) is 28.6 Å². The molecule has 2 fully saturated rings. The monoisotopic (exact) mass is 606 g/mol. The molecule has 3 atom stereocenters. The number of pyridine rings is 1. The fraction of sp³-hybridized carbons (Fsp3) is 0.500. The second-order valence-corrected chi connectivity index (χ2v) is 11.8. The van der Waals surface area contributed by atoms with Crippen LogP contribution in [0.3, 0.4) is 0 Å². The van der Waals surface area contributed by atoms with E-state index in [0.717, 1.165) is 41.1 Å². The first-order valence-electron chi connectivity index (χ1n) is 14.4. The largest absolute Gasteiger partial charge is 0.418 e. The third-order valence-corrected chi connectivity index (χ3v) is 9.19. The van der Waals surface area contributed by atoms with Crippen LogP contribution in [0.1, 0.15) is 73.5 Å². The topological polar surface area (TPSA) is 60.4 Å². The number of imidazole rings is 1. The van der Waals surface area contributed by atoms with Crippen molar-refractivity contribution in [3.63, 3.8) is 0 Å². The van der Waals surface area contributed by atoms with Gasteiger partial charge in [0.15, 0.2) is 0 Å². The fourth-order valence-corrected chi connectivity index (χ4v) is 6.53. The molecule has 7 nitrogen and oxygen atoms in total. The van der Waals surface area contributed by atoms with E-state index in [0.29, 0.717) is 18.2 Å². The van der Waals surface area contributed by atoms with Gasteiger partial charge in [-0.1, -0.05) is 18.6 Å². The molecule has 4 heterocycles. The average molecular weight is 607 g/mol. The van der Waals surface area contributed by atoms with Gasteiger partial charge in [-0.25, -0.2) is 4.79 Å². The van der Waals surface area contributed by atoms with Crippen molar-refractivity contribution >= 4 is 5.52 Å². The molecule has 0 amide bonds. The molecule has 3 aromatic heterocycles. The number of likely N-dealkylation sites (tertiary alicyclic amines) is 1. The van der Waals surface area contributed by atoms with Gasteiger partial charge in [0.1, 0.15) is 12.2 Å². The van der Waals surface area contributed by atoms with Crippen LogP contribution in [0.15, 0.2) is 53.8 Å². The highest BCUT2D eigenvalue weighted by molar-refractivity contribution is 5.58. The van der Waals surface area contributed by atoms with Crippen LogP contribution in [0, 0.1) is 11.8 Å². The predicted octanol–water partition coefficient (Wildman–Crippen LogP) is 6.50. The molecule has 43 heavy (non-hydrogen) atoms. The molecule has 1 aliphatic carbocycles. The first-order valence-corrected chi connectivity index (χ1v) is 14.4. The molecule has 2 aliphatic rings. The SMILES string of the molecule is CC(c1cc(C(F)(F)F)c2cn(-c3cccc([C@H](c4nncn4C)C4CCC4)c3)c(=O)n2c1)N1CCC[C@H](C(F)(F)F)C1. The zero-order chi connectivity index (χ0) is 30.7. The van der Waals surface area contributed by atoms with Gasteiger partial charge in [-0.3, -0.25) is 13.9 Å². The van der Waals surface area contributed by atoms with Gasteiger partial charge in [0.05, 0.1) is 22.7 Å². The van der Waals surface area contributed by atoms with Gasteiger partial charge < -0.3 is 4.57 Å². The van der Waals surface area contributed by atoms with Gasteiger partial charge in [0, 0.05) is 37.9 Å². The molecule has 1 aromatic carbocycles. The van der Waals surface area contributed by atoms with Gasteiger partial charge in [-0.15, -0.1) is 10.2 Å². The number of aryl methyl sites for hydroxylation is 1. The molecule has 1 aliphatic heterocycles. The second kappa shape index (κ2) is 10.8. The molecular weight excluding hydrogens is 574 g/mol. The first-order chi connectivity index (χ1) is 20.3. The number of alkyl halides is 6. The quantitative estimate of drug-likeness (QED) is 0.235. The zero-order valence-electron chi connectivity index (χ0n) is 23.7. The molecule has 1 unspecified atom stereocenters. The molecule has 230 valence electrons. The third kappa shape index (κ3) is 5.47. The molecule has 0 N–H and O–H groups in total. The Morgan fingerprint density at radius 1 is 0.977 bits per heavy atom. The van der Waals surface area contributed by atoms with Gasteiger partial charge in [0.25, 0.3) is 0 Å². The van der Waals surface area contributed by atoms with E-state index < -0.39 is 35.6 Å².